The van der Waals surface area contributed by atoms with Crippen molar-refractivity contribution < 1.29 is 9.53 Å². The SMILES string of the molecule is CCCCN1CCCCC1CNC(=O)NCCCN1CC(C)OC(C)C1. The van der Waals surface area contributed by atoms with E-state index in [9.17, 15) is 4.79 Å². The summed E-state index contributed by atoms with van der Waals surface area (Å²) in [5.41, 5.74) is 0. The third-order valence-corrected chi connectivity index (χ3v) is 5.48. The molecule has 2 heterocycles. The van der Waals surface area contributed by atoms with Crippen LogP contribution in [0.2, 0.25) is 0 Å². The van der Waals surface area contributed by atoms with Crippen molar-refractivity contribution in [1.29, 1.82) is 0 Å². The van der Waals surface area contributed by atoms with Crippen molar-refractivity contribution in [2.45, 2.75) is 77.5 Å². The normalized spacial score (nSPS) is 28.0. The van der Waals surface area contributed by atoms with Crippen molar-refractivity contribution in [3.05, 3.63) is 0 Å². The van der Waals surface area contributed by atoms with E-state index in [0.717, 1.165) is 39.1 Å². The number of hydrogen-bond donors (Lipinski definition) is 2. The van der Waals surface area contributed by atoms with Crippen molar-refractivity contribution in [2.75, 3.05) is 45.8 Å². The Morgan fingerprint density at radius 2 is 1.85 bits per heavy atom. The Hall–Kier alpha value is -0.850. The Morgan fingerprint density at radius 1 is 1.08 bits per heavy atom. The third-order valence-electron chi connectivity index (χ3n) is 5.48. The smallest absolute Gasteiger partial charge is 0.314 e. The fraction of sp³-hybridized carbons (Fsp3) is 0.950. The number of hydrogen-bond acceptors (Lipinski definition) is 4. The Bertz CT molecular complexity index is 397. The molecule has 2 aliphatic rings. The van der Waals surface area contributed by atoms with Gasteiger partial charge in [-0.25, -0.2) is 4.79 Å². The predicted molar refractivity (Wildman–Crippen MR) is 107 cm³/mol. The lowest BCUT2D eigenvalue weighted by Gasteiger charge is -2.36. The number of nitrogens with zero attached hydrogens (tertiary/aromatic N) is 2. The summed E-state index contributed by atoms with van der Waals surface area (Å²) in [6, 6.07) is 0.493. The van der Waals surface area contributed by atoms with Gasteiger partial charge in [-0.3, -0.25) is 9.80 Å². The number of likely N-dealkylation sites (tertiary alicyclic amines) is 1. The zero-order valence-corrected chi connectivity index (χ0v) is 17.1. The minimum absolute atomic E-state index is 0.0188. The van der Waals surface area contributed by atoms with Crippen LogP contribution in [0.3, 0.4) is 0 Å². The molecule has 2 fully saturated rings. The van der Waals surface area contributed by atoms with Gasteiger partial charge in [0.2, 0.25) is 0 Å². The van der Waals surface area contributed by atoms with E-state index in [1.807, 2.05) is 0 Å². The quantitative estimate of drug-likeness (QED) is 0.614. The van der Waals surface area contributed by atoms with Gasteiger partial charge in [0.1, 0.15) is 0 Å². The molecule has 2 saturated heterocycles. The highest BCUT2D eigenvalue weighted by atomic mass is 16.5. The summed E-state index contributed by atoms with van der Waals surface area (Å²) in [6.45, 7) is 13.4. The molecule has 2 rings (SSSR count). The lowest BCUT2D eigenvalue weighted by molar-refractivity contribution is -0.0679. The van der Waals surface area contributed by atoms with E-state index in [4.69, 9.17) is 4.74 Å². The zero-order chi connectivity index (χ0) is 18.8. The number of urea groups is 1. The fourth-order valence-corrected chi connectivity index (χ4v) is 4.19. The van der Waals surface area contributed by atoms with Crippen LogP contribution in [0.25, 0.3) is 0 Å². The first-order valence-electron chi connectivity index (χ1n) is 10.7. The van der Waals surface area contributed by atoms with Crippen LogP contribution in [0.1, 0.15) is 59.3 Å². The summed E-state index contributed by atoms with van der Waals surface area (Å²) in [7, 11) is 0. The molecule has 2 aliphatic heterocycles. The molecule has 3 atom stereocenters. The van der Waals surface area contributed by atoms with Crippen molar-refractivity contribution in [1.82, 2.24) is 20.4 Å². The molecular weight excluding hydrogens is 328 g/mol. The predicted octanol–water partition coefficient (Wildman–Crippen LogP) is 2.44. The molecule has 6 heteroatoms. The molecular formula is C20H40N4O2. The monoisotopic (exact) mass is 368 g/mol. The summed E-state index contributed by atoms with van der Waals surface area (Å²) < 4.78 is 5.76. The number of carbonyl (C=O) groups is 1. The van der Waals surface area contributed by atoms with Crippen molar-refractivity contribution in [3.63, 3.8) is 0 Å². The van der Waals surface area contributed by atoms with Crippen molar-refractivity contribution in [3.8, 4) is 0 Å². The highest BCUT2D eigenvalue weighted by molar-refractivity contribution is 5.73. The topological polar surface area (TPSA) is 56.8 Å². The van der Waals surface area contributed by atoms with Gasteiger partial charge in [-0.2, -0.15) is 0 Å². The van der Waals surface area contributed by atoms with Gasteiger partial charge in [-0.05, 0) is 52.6 Å². The van der Waals surface area contributed by atoms with E-state index in [0.29, 0.717) is 18.2 Å². The van der Waals surface area contributed by atoms with Gasteiger partial charge in [0.05, 0.1) is 12.2 Å². The van der Waals surface area contributed by atoms with Crippen LogP contribution in [-0.4, -0.2) is 79.9 Å². The second kappa shape index (κ2) is 11.8. The fourth-order valence-electron chi connectivity index (χ4n) is 4.19. The van der Waals surface area contributed by atoms with Gasteiger partial charge in [-0.15, -0.1) is 0 Å². The molecule has 26 heavy (non-hydrogen) atoms. The lowest BCUT2D eigenvalue weighted by atomic mass is 10.0. The molecule has 2 N–H and O–H groups in total. The number of unbranched alkanes of at least 4 members (excludes halogenated alkanes) is 1. The molecule has 6 nitrogen and oxygen atoms in total. The first-order valence-corrected chi connectivity index (χ1v) is 10.7. The van der Waals surface area contributed by atoms with E-state index in [1.54, 1.807) is 0 Å². The second-order valence-corrected chi connectivity index (χ2v) is 8.05. The van der Waals surface area contributed by atoms with E-state index in [-0.39, 0.29) is 6.03 Å². The Kier molecular flexibility index (Phi) is 9.72. The van der Waals surface area contributed by atoms with Gasteiger partial charge < -0.3 is 15.4 Å². The number of nitrogens with one attached hydrogen (secondary N) is 2. The zero-order valence-electron chi connectivity index (χ0n) is 17.1. The number of morpholine rings is 1. The number of amides is 2. The molecule has 0 aromatic heterocycles. The maximum absolute atomic E-state index is 12.1. The van der Waals surface area contributed by atoms with Crippen LogP contribution in [-0.2, 0) is 4.74 Å². The number of rotatable bonds is 9. The standard InChI is InChI=1S/C20H40N4O2/c1-4-5-12-24-13-7-6-9-19(24)14-22-20(25)21-10-8-11-23-15-17(2)26-18(3)16-23/h17-19H,4-16H2,1-3H3,(H2,21,22,25). The molecule has 0 aliphatic carbocycles. The third kappa shape index (κ3) is 7.80. The summed E-state index contributed by atoms with van der Waals surface area (Å²) in [6.07, 6.45) is 7.87. The number of ether oxygens (including phenoxy) is 1. The summed E-state index contributed by atoms with van der Waals surface area (Å²) >= 11 is 0. The Labute approximate surface area is 160 Å². The van der Waals surface area contributed by atoms with Crippen LogP contribution in [0, 0.1) is 0 Å². The van der Waals surface area contributed by atoms with Crippen LogP contribution in [0.15, 0.2) is 0 Å². The van der Waals surface area contributed by atoms with Crippen molar-refractivity contribution >= 4 is 6.03 Å². The molecule has 3 unspecified atom stereocenters. The Morgan fingerprint density at radius 3 is 2.58 bits per heavy atom. The van der Waals surface area contributed by atoms with Gasteiger partial charge in [0, 0.05) is 38.8 Å². The largest absolute Gasteiger partial charge is 0.373 e. The molecule has 2 amide bonds. The van der Waals surface area contributed by atoms with Gasteiger partial charge in [0.25, 0.3) is 0 Å². The van der Waals surface area contributed by atoms with Crippen LogP contribution >= 0.6 is 0 Å². The first-order chi connectivity index (χ1) is 12.6. The average Bonchev–Trinajstić information content (AvgIpc) is 2.61. The van der Waals surface area contributed by atoms with Crippen molar-refractivity contribution in [2.24, 2.45) is 0 Å². The summed E-state index contributed by atoms with van der Waals surface area (Å²) in [5.74, 6) is 0. The van der Waals surface area contributed by atoms with Gasteiger partial charge in [-0.1, -0.05) is 19.8 Å². The molecule has 0 radical (unpaired) electrons. The minimum Gasteiger partial charge on any atom is -0.373 e. The first kappa shape index (κ1) is 21.5. The summed E-state index contributed by atoms with van der Waals surface area (Å²) in [5, 5.41) is 6.10. The maximum atomic E-state index is 12.1. The average molecular weight is 369 g/mol. The highest BCUT2D eigenvalue weighted by Crippen LogP contribution is 2.17. The summed E-state index contributed by atoms with van der Waals surface area (Å²) in [4.78, 5) is 17.1. The highest BCUT2D eigenvalue weighted by Gasteiger charge is 2.23. The molecule has 0 spiro atoms. The van der Waals surface area contributed by atoms with Crippen LogP contribution in [0.5, 0.6) is 0 Å². The minimum atomic E-state index is -0.0188. The van der Waals surface area contributed by atoms with Crippen LogP contribution < -0.4 is 10.6 Å². The molecule has 0 aromatic rings. The molecule has 0 bridgehead atoms. The van der Waals surface area contributed by atoms with Gasteiger partial charge >= 0.3 is 6.03 Å². The van der Waals surface area contributed by atoms with Gasteiger partial charge in [0.15, 0.2) is 0 Å². The maximum Gasteiger partial charge on any atom is 0.314 e. The van der Waals surface area contributed by atoms with E-state index < -0.39 is 0 Å². The second-order valence-electron chi connectivity index (χ2n) is 8.05. The van der Waals surface area contributed by atoms with Crippen LogP contribution in [0.4, 0.5) is 4.79 Å². The van der Waals surface area contributed by atoms with E-state index >= 15 is 0 Å². The lowest BCUT2D eigenvalue weighted by Crippen LogP contribution is -2.49. The molecule has 0 saturated carbocycles. The van der Waals surface area contributed by atoms with E-state index in [1.165, 1.54) is 45.2 Å². The Balaban J connectivity index is 1.56. The molecule has 152 valence electrons. The number of piperidine rings is 1. The molecule has 0 aromatic carbocycles. The number of carbonyl (C=O) groups excluding carboxylic acids is 1. The van der Waals surface area contributed by atoms with E-state index in [2.05, 4.69) is 41.2 Å².